The lowest BCUT2D eigenvalue weighted by atomic mass is 10.1. The van der Waals surface area contributed by atoms with E-state index >= 15 is 0 Å². The van der Waals surface area contributed by atoms with Crippen molar-refractivity contribution in [1.82, 2.24) is 10.2 Å². The molecule has 1 heterocycles. The summed E-state index contributed by atoms with van der Waals surface area (Å²) in [5.41, 5.74) is 1.56. The van der Waals surface area contributed by atoms with Crippen molar-refractivity contribution in [1.29, 1.82) is 0 Å². The molecule has 1 saturated heterocycles. The molecule has 1 fully saturated rings. The van der Waals surface area contributed by atoms with Crippen LogP contribution in [0.3, 0.4) is 0 Å². The molecule has 0 spiro atoms. The number of fused-ring (bicyclic) bond motifs is 1. The standard InChI is InChI=1S/C25H21BrN2O6/c1-2-33-21-11-17(10-20-24(31)28(13-23(29)30)25(32)27-20)19(26)12-22(21)34-14-16-8-5-7-15-6-3-4-9-18(15)16/h3-12H,2,13-14H2,1H3,(H,27,32)(H,29,30)/b20-10+. The summed E-state index contributed by atoms with van der Waals surface area (Å²) >= 11 is 3.48. The number of hydrogen-bond donors (Lipinski definition) is 2. The summed E-state index contributed by atoms with van der Waals surface area (Å²) < 4.78 is 12.5. The maximum atomic E-state index is 12.5. The maximum absolute atomic E-state index is 12.5. The van der Waals surface area contributed by atoms with Crippen molar-refractivity contribution in [3.8, 4) is 11.5 Å². The van der Waals surface area contributed by atoms with Gasteiger partial charge in [0.15, 0.2) is 11.5 Å². The highest BCUT2D eigenvalue weighted by Crippen LogP contribution is 2.36. The number of urea groups is 1. The van der Waals surface area contributed by atoms with E-state index in [1.54, 1.807) is 12.1 Å². The van der Waals surface area contributed by atoms with Gasteiger partial charge in [-0.2, -0.15) is 0 Å². The molecule has 1 aliphatic rings. The molecule has 0 bridgehead atoms. The van der Waals surface area contributed by atoms with Gasteiger partial charge in [0, 0.05) is 4.47 Å². The van der Waals surface area contributed by atoms with Crippen molar-refractivity contribution in [3.05, 3.63) is 75.9 Å². The molecule has 0 aromatic heterocycles. The normalized spacial score (nSPS) is 14.5. The fraction of sp³-hybridized carbons (Fsp3) is 0.160. The third-order valence-electron chi connectivity index (χ3n) is 5.18. The average molecular weight is 525 g/mol. The van der Waals surface area contributed by atoms with Crippen LogP contribution in [-0.4, -0.2) is 41.1 Å². The number of ether oxygens (including phenoxy) is 2. The summed E-state index contributed by atoms with van der Waals surface area (Å²) in [7, 11) is 0. The predicted molar refractivity (Wildman–Crippen MR) is 129 cm³/mol. The van der Waals surface area contributed by atoms with Crippen LogP contribution >= 0.6 is 15.9 Å². The Bertz CT molecular complexity index is 1310. The Labute approximate surface area is 203 Å². The molecule has 1 aliphatic heterocycles. The number of carboxylic acids is 1. The highest BCUT2D eigenvalue weighted by atomic mass is 79.9. The third kappa shape index (κ3) is 4.89. The zero-order valence-electron chi connectivity index (χ0n) is 18.2. The molecule has 0 radical (unpaired) electrons. The highest BCUT2D eigenvalue weighted by molar-refractivity contribution is 9.10. The molecule has 8 nitrogen and oxygen atoms in total. The number of carboxylic acid groups (broad SMARTS) is 1. The van der Waals surface area contributed by atoms with Gasteiger partial charge in [0.2, 0.25) is 0 Å². The summed E-state index contributed by atoms with van der Waals surface area (Å²) in [5, 5.41) is 13.5. The van der Waals surface area contributed by atoms with E-state index in [0.29, 0.717) is 39.6 Å². The van der Waals surface area contributed by atoms with E-state index in [1.807, 2.05) is 49.4 Å². The zero-order valence-corrected chi connectivity index (χ0v) is 19.8. The van der Waals surface area contributed by atoms with Crippen molar-refractivity contribution in [2.45, 2.75) is 13.5 Å². The van der Waals surface area contributed by atoms with Crippen LogP contribution in [0.15, 0.2) is 64.8 Å². The van der Waals surface area contributed by atoms with Gasteiger partial charge < -0.3 is 19.9 Å². The van der Waals surface area contributed by atoms with Gasteiger partial charge in [-0.3, -0.25) is 9.59 Å². The second-order valence-electron chi connectivity index (χ2n) is 7.45. The van der Waals surface area contributed by atoms with E-state index in [-0.39, 0.29) is 5.70 Å². The van der Waals surface area contributed by atoms with Crippen LogP contribution in [0.5, 0.6) is 11.5 Å². The van der Waals surface area contributed by atoms with Crippen LogP contribution in [0.1, 0.15) is 18.1 Å². The fourth-order valence-electron chi connectivity index (χ4n) is 3.62. The van der Waals surface area contributed by atoms with Crippen molar-refractivity contribution < 1.29 is 29.0 Å². The van der Waals surface area contributed by atoms with Gasteiger partial charge in [0.25, 0.3) is 5.91 Å². The number of rotatable bonds is 8. The Balaban J connectivity index is 1.61. The zero-order chi connectivity index (χ0) is 24.2. The van der Waals surface area contributed by atoms with Gasteiger partial charge in [0.05, 0.1) is 6.61 Å². The van der Waals surface area contributed by atoms with E-state index in [9.17, 15) is 14.4 Å². The largest absolute Gasteiger partial charge is 0.490 e. The number of aliphatic carboxylic acids is 1. The molecular formula is C25H21BrN2O6. The molecule has 0 atom stereocenters. The van der Waals surface area contributed by atoms with Gasteiger partial charge in [-0.15, -0.1) is 0 Å². The summed E-state index contributed by atoms with van der Waals surface area (Å²) in [6.07, 6.45) is 1.46. The minimum atomic E-state index is -1.28. The Hall–Kier alpha value is -3.85. The van der Waals surface area contributed by atoms with E-state index in [4.69, 9.17) is 14.6 Å². The van der Waals surface area contributed by atoms with Crippen molar-refractivity contribution in [2.75, 3.05) is 13.2 Å². The summed E-state index contributed by atoms with van der Waals surface area (Å²) in [5.74, 6) is -1.01. The van der Waals surface area contributed by atoms with Gasteiger partial charge in [-0.05, 0) is 47.0 Å². The minimum Gasteiger partial charge on any atom is -0.490 e. The summed E-state index contributed by atoms with van der Waals surface area (Å²) in [4.78, 5) is 36.0. The molecule has 9 heteroatoms. The van der Waals surface area contributed by atoms with Crippen LogP contribution in [-0.2, 0) is 16.2 Å². The molecule has 0 aliphatic carbocycles. The molecule has 0 unspecified atom stereocenters. The second kappa shape index (κ2) is 9.96. The molecular weight excluding hydrogens is 504 g/mol. The molecule has 174 valence electrons. The first-order valence-electron chi connectivity index (χ1n) is 10.5. The van der Waals surface area contributed by atoms with Crippen molar-refractivity contribution in [3.63, 3.8) is 0 Å². The first kappa shape index (κ1) is 23.3. The van der Waals surface area contributed by atoms with E-state index < -0.39 is 24.5 Å². The Morgan fingerprint density at radius 2 is 1.82 bits per heavy atom. The van der Waals surface area contributed by atoms with Crippen LogP contribution in [0.25, 0.3) is 16.8 Å². The van der Waals surface area contributed by atoms with Gasteiger partial charge >= 0.3 is 12.0 Å². The van der Waals surface area contributed by atoms with Crippen molar-refractivity contribution >= 4 is 50.7 Å². The molecule has 3 aromatic rings. The van der Waals surface area contributed by atoms with Crippen LogP contribution in [0.4, 0.5) is 4.79 Å². The predicted octanol–water partition coefficient (Wildman–Crippen LogP) is 4.56. The van der Waals surface area contributed by atoms with Gasteiger partial charge in [0.1, 0.15) is 18.8 Å². The number of imide groups is 1. The second-order valence-corrected chi connectivity index (χ2v) is 8.31. The molecule has 2 N–H and O–H groups in total. The number of benzene rings is 3. The molecule has 4 rings (SSSR count). The third-order valence-corrected chi connectivity index (χ3v) is 5.87. The molecule has 34 heavy (non-hydrogen) atoms. The van der Waals surface area contributed by atoms with E-state index in [2.05, 4.69) is 21.2 Å². The topological polar surface area (TPSA) is 105 Å². The number of hydrogen-bond acceptors (Lipinski definition) is 5. The van der Waals surface area contributed by atoms with Crippen LogP contribution in [0.2, 0.25) is 0 Å². The maximum Gasteiger partial charge on any atom is 0.329 e. The smallest absolute Gasteiger partial charge is 0.329 e. The van der Waals surface area contributed by atoms with Gasteiger partial charge in [-0.25, -0.2) is 9.69 Å². The van der Waals surface area contributed by atoms with Gasteiger partial charge in [-0.1, -0.05) is 58.4 Å². The monoisotopic (exact) mass is 524 g/mol. The van der Waals surface area contributed by atoms with Crippen molar-refractivity contribution in [2.24, 2.45) is 0 Å². The SMILES string of the molecule is CCOc1cc(/C=C2/NC(=O)N(CC(=O)O)C2=O)c(Br)cc1OCc1cccc2ccccc12. The minimum absolute atomic E-state index is 0.0289. The van der Waals surface area contributed by atoms with E-state index in [1.165, 1.54) is 6.08 Å². The number of amides is 3. The summed E-state index contributed by atoms with van der Waals surface area (Å²) in [6.45, 7) is 1.85. The Kier molecular flexibility index (Phi) is 6.83. The number of carbonyl (C=O) groups excluding carboxylic acids is 2. The summed E-state index contributed by atoms with van der Waals surface area (Å²) in [6, 6.07) is 16.7. The lowest BCUT2D eigenvalue weighted by Crippen LogP contribution is -2.35. The fourth-order valence-corrected chi connectivity index (χ4v) is 4.06. The molecule has 3 aromatic carbocycles. The lowest BCUT2D eigenvalue weighted by molar-refractivity contribution is -0.140. The first-order valence-corrected chi connectivity index (χ1v) is 11.3. The average Bonchev–Trinajstić information content (AvgIpc) is 3.07. The number of carbonyl (C=O) groups is 3. The Morgan fingerprint density at radius 1 is 1.09 bits per heavy atom. The van der Waals surface area contributed by atoms with E-state index in [0.717, 1.165) is 16.3 Å². The lowest BCUT2D eigenvalue weighted by Gasteiger charge is -2.15. The number of halogens is 1. The quantitative estimate of drug-likeness (QED) is 0.330. The van der Waals surface area contributed by atoms with Crippen LogP contribution in [0, 0.1) is 0 Å². The number of nitrogens with one attached hydrogen (secondary N) is 1. The number of nitrogens with zero attached hydrogens (tertiary/aromatic N) is 1. The first-order chi connectivity index (χ1) is 16.4. The molecule has 0 saturated carbocycles. The molecule has 3 amide bonds. The Morgan fingerprint density at radius 3 is 2.59 bits per heavy atom. The van der Waals surface area contributed by atoms with Crippen LogP contribution < -0.4 is 14.8 Å². The highest BCUT2D eigenvalue weighted by Gasteiger charge is 2.35.